The number of nitrogens with zero attached hydrogens (tertiary/aromatic N) is 9. The lowest BCUT2D eigenvalue weighted by atomic mass is 10.3. The van der Waals surface area contributed by atoms with Crippen molar-refractivity contribution in [3.63, 3.8) is 0 Å². The Kier molecular flexibility index (Phi) is 97.6. The van der Waals surface area contributed by atoms with Gasteiger partial charge in [0.15, 0.2) is 0 Å². The van der Waals surface area contributed by atoms with Gasteiger partial charge in [0, 0.05) is 168 Å². The zero-order valence-corrected chi connectivity index (χ0v) is 76.0. The van der Waals surface area contributed by atoms with Gasteiger partial charge in [-0.25, -0.2) is 5.43 Å². The Hall–Kier alpha value is -5.27. The number of amides is 9. The first-order valence-electron chi connectivity index (χ1n) is 37.8. The van der Waals surface area contributed by atoms with E-state index in [1.165, 1.54) is 38.1 Å². The summed E-state index contributed by atoms with van der Waals surface area (Å²) in [5.74, 6) is 6.02. The SMILES string of the molecule is C/C=N/OCC.CC/C=N/NC(=O)CC.CCC1CNC(CC)S1.CCNC(=O)C(CS)NC(=O)CC.CCNC(=O)C(CS)NC(C)=O.CCNC(=O)CC.CCNC(C)=O.CCSC1CC(=O)N(CC)C1=O.CCSCC(=O)CC.CCSCCS(C)=O.CCc1cn(CC)nn1.CCc1cn(CC)nn1. The monoisotopic (exact) mass is 1660 g/mol. The lowest BCUT2D eigenvalue weighted by molar-refractivity contribution is -0.138. The Bertz CT molecular complexity index is 2540. The van der Waals surface area contributed by atoms with Gasteiger partial charge in [-0.3, -0.25) is 66.4 Å². The first kappa shape index (κ1) is 118. The van der Waals surface area contributed by atoms with Crippen molar-refractivity contribution >= 4 is 154 Å². The molecule has 0 saturated carbocycles. The Labute approximate surface area is 681 Å². The van der Waals surface area contributed by atoms with Crippen LogP contribution in [0.15, 0.2) is 22.7 Å². The second-order valence-corrected chi connectivity index (χ2v) is 29.5. The molecule has 0 aromatic carbocycles. The fourth-order valence-electron chi connectivity index (χ4n) is 6.87. The average Bonchev–Trinajstić information content (AvgIpc) is 1.70. The number of nitrogens with one attached hydrogen (secondary N) is 8. The van der Waals surface area contributed by atoms with E-state index in [4.69, 9.17) is 0 Å². The average molecular weight is 1670 g/mol. The fraction of sp³-hybridized carbons (Fsp3) is 0.778. The molecule has 2 aliphatic rings. The zero-order valence-electron chi connectivity index (χ0n) is 70.1. The molecule has 4 rings (SSSR count). The number of oxime groups is 1. The van der Waals surface area contributed by atoms with Crippen LogP contribution in [0.5, 0.6) is 0 Å². The van der Waals surface area contributed by atoms with Crippen LogP contribution in [0.3, 0.4) is 0 Å². The van der Waals surface area contributed by atoms with Crippen molar-refractivity contribution in [2.45, 2.75) is 265 Å². The Morgan fingerprint density at radius 2 is 1.16 bits per heavy atom. The van der Waals surface area contributed by atoms with Gasteiger partial charge in [0.1, 0.15) is 24.5 Å². The van der Waals surface area contributed by atoms with Crippen LogP contribution in [0.4, 0.5) is 0 Å². The third kappa shape index (κ3) is 80.3. The van der Waals surface area contributed by atoms with Gasteiger partial charge < -0.3 is 42.1 Å². The lowest BCUT2D eigenvalue weighted by Gasteiger charge is -2.14. The van der Waals surface area contributed by atoms with Gasteiger partial charge in [0.2, 0.25) is 53.2 Å². The third-order valence-corrected chi connectivity index (χ3v) is 19.1. The minimum Gasteiger partial charge on any atom is -0.396 e. The number of hydrogen-bond donors (Lipinski definition) is 10. The maximum Gasteiger partial charge on any atom is 0.243 e. The molecule has 4 heterocycles. The molecule has 8 N–H and O–H groups in total. The van der Waals surface area contributed by atoms with E-state index in [1.807, 2.05) is 124 Å². The van der Waals surface area contributed by atoms with E-state index in [2.05, 4.69) is 157 Å². The minimum absolute atomic E-state index is 0.00523. The van der Waals surface area contributed by atoms with Gasteiger partial charge in [-0.05, 0) is 112 Å². The smallest absolute Gasteiger partial charge is 0.243 e. The zero-order chi connectivity index (χ0) is 84.5. The highest BCUT2D eigenvalue weighted by molar-refractivity contribution is 8.01. The second-order valence-electron chi connectivity index (χ2n) is 21.6. The predicted molar refractivity (Wildman–Crippen MR) is 464 cm³/mol. The van der Waals surface area contributed by atoms with Crippen LogP contribution in [0.25, 0.3) is 0 Å². The summed E-state index contributed by atoms with van der Waals surface area (Å²) in [4.78, 5) is 114. The van der Waals surface area contributed by atoms with Crippen molar-refractivity contribution in [2.75, 3.05) is 98.2 Å². The highest BCUT2D eigenvalue weighted by Crippen LogP contribution is 2.26. The van der Waals surface area contributed by atoms with Crippen molar-refractivity contribution in [3.8, 4) is 0 Å². The molecule has 0 radical (unpaired) electrons. The quantitative estimate of drug-likeness (QED) is 0.0102. The van der Waals surface area contributed by atoms with E-state index in [9.17, 15) is 52.2 Å². The molecule has 9 amide bonds. The third-order valence-electron chi connectivity index (χ3n) is 12.7. The highest BCUT2D eigenvalue weighted by Gasteiger charge is 2.37. The van der Waals surface area contributed by atoms with E-state index in [1.54, 1.807) is 56.1 Å². The number of thiol groups is 2. The van der Waals surface area contributed by atoms with Crippen LogP contribution >= 0.6 is 72.3 Å². The number of imide groups is 1. The summed E-state index contributed by atoms with van der Waals surface area (Å²) < 4.78 is 14.1. The Morgan fingerprint density at radius 3 is 1.44 bits per heavy atom. The van der Waals surface area contributed by atoms with Crippen LogP contribution in [0.2, 0.25) is 0 Å². The number of carbonyl (C=O) groups excluding carboxylic acids is 10. The van der Waals surface area contributed by atoms with Crippen molar-refractivity contribution < 1.29 is 57.0 Å². The molecule has 632 valence electrons. The number of carbonyl (C=O) groups is 10. The van der Waals surface area contributed by atoms with E-state index in [-0.39, 0.29) is 58.4 Å². The molecule has 6 unspecified atom stereocenters. The Balaban J connectivity index is -0.000000169. The minimum atomic E-state index is -0.588. The predicted octanol–water partition coefficient (Wildman–Crippen LogP) is 9.40. The van der Waals surface area contributed by atoms with Crippen molar-refractivity contribution in [1.82, 2.24) is 77.5 Å². The number of ketones is 1. The summed E-state index contributed by atoms with van der Waals surface area (Å²) in [6, 6.07) is -1.04. The molecule has 108 heavy (non-hydrogen) atoms. The summed E-state index contributed by atoms with van der Waals surface area (Å²) in [6.45, 7) is 50.8. The molecular formula is C72H145N17O12S7. The van der Waals surface area contributed by atoms with Crippen LogP contribution in [-0.4, -0.2) is 237 Å². The number of thioether (sulfide) groups is 4. The largest absolute Gasteiger partial charge is 0.396 e. The van der Waals surface area contributed by atoms with E-state index in [0.717, 1.165) is 96.2 Å². The second kappa shape index (κ2) is 88.9. The lowest BCUT2D eigenvalue weighted by Crippen LogP contribution is -2.47. The molecule has 2 aromatic rings. The van der Waals surface area contributed by atoms with Gasteiger partial charge in [0.05, 0.1) is 27.8 Å². The van der Waals surface area contributed by atoms with Gasteiger partial charge in [-0.1, -0.05) is 98.7 Å². The number of hydrazone groups is 1. The van der Waals surface area contributed by atoms with Crippen molar-refractivity contribution in [1.29, 1.82) is 0 Å². The number of rotatable bonds is 34. The van der Waals surface area contributed by atoms with Crippen LogP contribution in [0, 0.1) is 0 Å². The van der Waals surface area contributed by atoms with Crippen LogP contribution in [0.1, 0.15) is 222 Å². The summed E-state index contributed by atoms with van der Waals surface area (Å²) >= 11 is 15.1. The molecule has 6 atom stereocenters. The van der Waals surface area contributed by atoms with E-state index >= 15 is 0 Å². The molecule has 0 spiro atoms. The first-order valence-corrected chi connectivity index (χ1v) is 45.1. The van der Waals surface area contributed by atoms with E-state index in [0.29, 0.717) is 81.4 Å². The summed E-state index contributed by atoms with van der Waals surface area (Å²) in [5, 5.41) is 43.2. The summed E-state index contributed by atoms with van der Waals surface area (Å²) in [7, 11) is -0.588. The van der Waals surface area contributed by atoms with E-state index < -0.39 is 22.9 Å². The number of aryl methyl sites for hydroxylation is 4. The topological polar surface area (TPSA) is 383 Å². The fourth-order valence-corrected chi connectivity index (χ4v) is 11.9. The normalized spacial score (nSPS) is 14.1. The van der Waals surface area contributed by atoms with Crippen molar-refractivity contribution in [3.05, 3.63) is 23.8 Å². The maximum absolute atomic E-state index is 11.4. The summed E-state index contributed by atoms with van der Waals surface area (Å²) in [5.41, 5.74) is 4.50. The first-order chi connectivity index (χ1) is 51.4. The number of hydrogen-bond acceptors (Lipinski definition) is 25. The number of likely N-dealkylation sites (N-methyl/N-ethyl adjacent to an activating group) is 2. The Morgan fingerprint density at radius 1 is 0.657 bits per heavy atom. The summed E-state index contributed by atoms with van der Waals surface area (Å²) in [6.07, 6.45) is 16.9. The number of Topliss-reactive ketones (excluding diaryl/α,β-unsaturated/α-hetero) is 1. The number of likely N-dealkylation sites (tertiary alicyclic amines) is 1. The van der Waals surface area contributed by atoms with Gasteiger partial charge in [-0.15, -0.1) is 33.7 Å². The van der Waals surface area contributed by atoms with Crippen LogP contribution in [-0.2, 0) is 89.5 Å². The van der Waals surface area contributed by atoms with Gasteiger partial charge >= 0.3 is 0 Å². The number of aromatic nitrogens is 6. The molecule has 29 nitrogen and oxygen atoms in total. The molecule has 0 aliphatic carbocycles. The molecule has 2 saturated heterocycles. The molecule has 36 heteroatoms. The molecule has 0 bridgehead atoms. The van der Waals surface area contributed by atoms with Crippen molar-refractivity contribution in [2.24, 2.45) is 10.3 Å². The molecule has 2 fully saturated rings. The molecular weight excluding hydrogens is 1520 g/mol. The standard InChI is InChI=1S/C8H16N2O2S.C8H13NO2S.C7H14N2O2S.C7H15NS.2C6H11N3.C6H12N2O.C6H12OS.C5H11NO.C5H12OS2.2C4H9NO/c1-3-7(11)10-6(5-13)8(12)9-4-2;1-3-9-7(10)5-6(8(9)11)12-4-2;1-3-8-7(11)6(4-12)9-5(2)10;1-3-6-5-8-7(4-2)9-6;2*1-3-6-5-9(4-2)8-7-6;1-3-5-7-8-6(9)4-2;1-3-6(7)5-8-4-2;1-3-5(7)6-4-2;1-3-7-4-5-8(2)6;1-3-5-6-4-2;1-3-5-4(2)6/h6,13H,3-5H2,1-2H3,(H,9,12)(H,10,11);6H,3-5H2,1-2H3;6,12H,3-4H2,1-2H3,(H,8,11)(H,9,10);6-8H,3-5H2,1-2H3;2*5H,3-4H2,1-2H3;5H,3-4H2,1-2H3,(H,8,9);3-5H2,1-2H3;3-4H2,1-2H3,(H,6,7);3-5H2,1-2H3;3H,4H2,1-2H3;3H2,1-2H3,(H,5,6)/b;;;;;;7-5+;;;;5-3+;. The molecule has 2 aromatic heterocycles. The van der Waals surface area contributed by atoms with Gasteiger partial charge in [0.25, 0.3) is 0 Å². The van der Waals surface area contributed by atoms with Gasteiger partial charge in [-0.2, -0.15) is 53.9 Å². The van der Waals surface area contributed by atoms with Crippen LogP contribution < -0.4 is 42.6 Å². The molecule has 2 aliphatic heterocycles. The maximum atomic E-state index is 11.4. The highest BCUT2D eigenvalue weighted by atomic mass is 32.2.